The molecule has 3 heteroatoms. The van der Waals surface area contributed by atoms with Gasteiger partial charge in [-0.25, -0.2) is 0 Å². The summed E-state index contributed by atoms with van der Waals surface area (Å²) >= 11 is 0. The monoisotopic (exact) mass is 538 g/mol. The van der Waals surface area contributed by atoms with Crippen molar-refractivity contribution in [1.29, 1.82) is 0 Å². The molecule has 3 nitrogen and oxygen atoms in total. The number of nitrogens with two attached hydrogens (primary N) is 1. The van der Waals surface area contributed by atoms with Crippen molar-refractivity contribution in [3.63, 3.8) is 0 Å². The van der Waals surface area contributed by atoms with Crippen LogP contribution >= 0.6 is 0 Å². The van der Waals surface area contributed by atoms with E-state index in [9.17, 15) is 0 Å². The lowest BCUT2D eigenvalue weighted by atomic mass is 10.1. The highest BCUT2D eigenvalue weighted by Crippen LogP contribution is 2.13. The molecule has 0 aliphatic carbocycles. The Hall–Kier alpha value is -0.380. The highest BCUT2D eigenvalue weighted by molar-refractivity contribution is 4.81. The van der Waals surface area contributed by atoms with Crippen molar-refractivity contribution in [3.8, 4) is 0 Å². The Bertz CT molecular complexity index is 440. The summed E-state index contributed by atoms with van der Waals surface area (Å²) in [5, 5.41) is 0. The number of rotatable bonds is 33. The topological polar surface area (TPSA) is 44.5 Å². The van der Waals surface area contributed by atoms with Crippen LogP contribution < -0.4 is 5.73 Å². The highest BCUT2D eigenvalue weighted by atomic mass is 16.5. The van der Waals surface area contributed by atoms with Gasteiger partial charge in [0.15, 0.2) is 0 Å². The average Bonchev–Trinajstić information content (AvgIpc) is 2.93. The zero-order valence-electron chi connectivity index (χ0n) is 26.3. The summed E-state index contributed by atoms with van der Waals surface area (Å²) in [4.78, 5) is 0. The molecule has 1 atom stereocenters. The van der Waals surface area contributed by atoms with Crippen molar-refractivity contribution in [3.05, 3.63) is 12.2 Å². The summed E-state index contributed by atoms with van der Waals surface area (Å²) in [6.07, 6.45) is 40.2. The first-order valence-electron chi connectivity index (χ1n) is 17.4. The van der Waals surface area contributed by atoms with Crippen LogP contribution in [0.1, 0.15) is 181 Å². The molecule has 0 saturated heterocycles. The molecule has 2 N–H and O–H groups in total. The molecule has 0 amide bonds. The van der Waals surface area contributed by atoms with Crippen LogP contribution in [0.15, 0.2) is 12.2 Å². The van der Waals surface area contributed by atoms with Gasteiger partial charge in [0.05, 0.1) is 12.7 Å². The molecule has 1 unspecified atom stereocenters. The summed E-state index contributed by atoms with van der Waals surface area (Å²) in [6.45, 7) is 7.46. The minimum Gasteiger partial charge on any atom is -0.379 e. The Morgan fingerprint density at radius 3 is 1.26 bits per heavy atom. The van der Waals surface area contributed by atoms with Gasteiger partial charge in [0.25, 0.3) is 0 Å². The van der Waals surface area contributed by atoms with Gasteiger partial charge in [-0.05, 0) is 38.5 Å². The van der Waals surface area contributed by atoms with Gasteiger partial charge in [-0.2, -0.15) is 0 Å². The zero-order chi connectivity index (χ0) is 27.6. The van der Waals surface area contributed by atoms with E-state index in [1.807, 2.05) is 0 Å². The summed E-state index contributed by atoms with van der Waals surface area (Å²) in [5.74, 6) is 0. The van der Waals surface area contributed by atoms with Crippen LogP contribution in [0.25, 0.3) is 0 Å². The molecule has 0 aromatic heterocycles. The maximum atomic E-state index is 5.96. The van der Waals surface area contributed by atoms with Crippen molar-refractivity contribution in [2.24, 2.45) is 5.73 Å². The summed E-state index contributed by atoms with van der Waals surface area (Å²) in [6, 6.07) is 0. The molecule has 0 fully saturated rings. The Morgan fingerprint density at radius 1 is 0.474 bits per heavy atom. The van der Waals surface area contributed by atoms with Gasteiger partial charge >= 0.3 is 0 Å². The molecule has 0 aliphatic rings. The number of hydrogen-bond donors (Lipinski definition) is 1. The Kier molecular flexibility index (Phi) is 34.3. The van der Waals surface area contributed by atoms with Crippen molar-refractivity contribution >= 4 is 0 Å². The molecular formula is C35H71NO2. The summed E-state index contributed by atoms with van der Waals surface area (Å²) in [7, 11) is 0. The number of ether oxygens (including phenoxy) is 2. The van der Waals surface area contributed by atoms with Crippen molar-refractivity contribution in [2.45, 2.75) is 187 Å². The van der Waals surface area contributed by atoms with Crippen molar-refractivity contribution in [2.75, 3.05) is 26.4 Å². The van der Waals surface area contributed by atoms with Gasteiger partial charge in [-0.3, -0.25) is 0 Å². The fourth-order valence-corrected chi connectivity index (χ4v) is 5.04. The second kappa shape index (κ2) is 34.6. The molecule has 0 aromatic carbocycles. The van der Waals surface area contributed by atoms with E-state index in [1.165, 1.54) is 154 Å². The first kappa shape index (κ1) is 37.6. The molecular weight excluding hydrogens is 466 g/mol. The maximum absolute atomic E-state index is 5.96. The minimum absolute atomic E-state index is 0.0665. The van der Waals surface area contributed by atoms with Gasteiger partial charge in [-0.1, -0.05) is 154 Å². The fraction of sp³-hybridized carbons (Fsp3) is 0.943. The van der Waals surface area contributed by atoms with E-state index in [-0.39, 0.29) is 6.10 Å². The van der Waals surface area contributed by atoms with Gasteiger partial charge in [0, 0.05) is 19.8 Å². The van der Waals surface area contributed by atoms with E-state index in [1.54, 1.807) is 0 Å². The Morgan fingerprint density at radius 2 is 0.842 bits per heavy atom. The summed E-state index contributed by atoms with van der Waals surface area (Å²) in [5.41, 5.74) is 5.89. The molecule has 38 heavy (non-hydrogen) atoms. The minimum atomic E-state index is 0.0665. The van der Waals surface area contributed by atoms with E-state index in [0.717, 1.165) is 26.1 Å². The van der Waals surface area contributed by atoms with E-state index in [4.69, 9.17) is 15.2 Å². The number of hydrogen-bond acceptors (Lipinski definition) is 3. The largest absolute Gasteiger partial charge is 0.379 e. The van der Waals surface area contributed by atoms with E-state index in [2.05, 4.69) is 26.0 Å². The normalized spacial score (nSPS) is 12.6. The lowest BCUT2D eigenvalue weighted by Crippen LogP contribution is -2.29. The first-order chi connectivity index (χ1) is 18.8. The van der Waals surface area contributed by atoms with Crippen LogP contribution in [0, 0.1) is 0 Å². The molecule has 0 aromatic rings. The molecule has 0 radical (unpaired) electrons. The number of unbranched alkanes of at least 4 members (excludes halogenated alkanes) is 23. The van der Waals surface area contributed by atoms with E-state index in [0.29, 0.717) is 13.2 Å². The van der Waals surface area contributed by atoms with Crippen LogP contribution in [0.4, 0.5) is 0 Å². The molecule has 0 aliphatic heterocycles. The quantitative estimate of drug-likeness (QED) is 0.0668. The number of allylic oxidation sites excluding steroid dienone is 2. The van der Waals surface area contributed by atoms with Gasteiger partial charge in [0.2, 0.25) is 0 Å². The van der Waals surface area contributed by atoms with Gasteiger partial charge in [0.1, 0.15) is 0 Å². The third-order valence-electron chi connectivity index (χ3n) is 7.72. The average molecular weight is 538 g/mol. The smallest absolute Gasteiger partial charge is 0.0930 e. The van der Waals surface area contributed by atoms with Gasteiger partial charge < -0.3 is 15.2 Å². The second-order valence-corrected chi connectivity index (χ2v) is 11.6. The van der Waals surface area contributed by atoms with Crippen LogP contribution in [-0.4, -0.2) is 32.5 Å². The lowest BCUT2D eigenvalue weighted by Gasteiger charge is -2.16. The molecule has 0 heterocycles. The fourth-order valence-electron chi connectivity index (χ4n) is 5.04. The van der Waals surface area contributed by atoms with Gasteiger partial charge in [-0.15, -0.1) is 0 Å². The highest BCUT2D eigenvalue weighted by Gasteiger charge is 2.06. The van der Waals surface area contributed by atoms with Crippen molar-refractivity contribution in [1.82, 2.24) is 0 Å². The maximum Gasteiger partial charge on any atom is 0.0930 e. The first-order valence-corrected chi connectivity index (χ1v) is 17.4. The predicted octanol–water partition coefficient (Wildman–Crippen LogP) is 11.1. The van der Waals surface area contributed by atoms with Crippen LogP contribution in [0.2, 0.25) is 0 Å². The SMILES string of the molecule is CCCCCCCC/C=C/CCCCCCCCOCC(CN)OCCCCCCCCCCCCCC. The summed E-state index contributed by atoms with van der Waals surface area (Å²) < 4.78 is 11.8. The molecule has 0 bridgehead atoms. The predicted molar refractivity (Wildman–Crippen MR) is 170 cm³/mol. The molecule has 228 valence electrons. The van der Waals surface area contributed by atoms with Crippen LogP contribution in [0.3, 0.4) is 0 Å². The Labute approximate surface area is 240 Å². The molecule has 0 saturated carbocycles. The van der Waals surface area contributed by atoms with Crippen LogP contribution in [0.5, 0.6) is 0 Å². The van der Waals surface area contributed by atoms with E-state index < -0.39 is 0 Å². The second-order valence-electron chi connectivity index (χ2n) is 11.6. The molecule has 0 spiro atoms. The standard InChI is InChI=1S/C35H71NO2/c1-3-5-7-9-11-13-15-17-18-19-20-21-23-25-27-29-31-37-34-35(33-36)38-32-30-28-26-24-22-16-14-12-10-8-6-4-2/h17-18,35H,3-16,19-34,36H2,1-2H3/b18-17+. The van der Waals surface area contributed by atoms with Crippen LogP contribution in [-0.2, 0) is 9.47 Å². The van der Waals surface area contributed by atoms with E-state index >= 15 is 0 Å². The third kappa shape index (κ3) is 31.8. The lowest BCUT2D eigenvalue weighted by molar-refractivity contribution is -0.0136. The van der Waals surface area contributed by atoms with Crippen molar-refractivity contribution < 1.29 is 9.47 Å². The Balaban J connectivity index is 3.29. The molecule has 0 rings (SSSR count). The third-order valence-corrected chi connectivity index (χ3v) is 7.72. The zero-order valence-corrected chi connectivity index (χ0v) is 26.3.